The second kappa shape index (κ2) is 10.7. The Morgan fingerprint density at radius 1 is 1.19 bits per heavy atom. The monoisotopic (exact) mass is 480 g/mol. The number of halogens is 1. The van der Waals surface area contributed by atoms with Gasteiger partial charge in [-0.15, -0.1) is 24.0 Å². The molecule has 1 heterocycles. The van der Waals surface area contributed by atoms with E-state index in [-0.39, 0.29) is 35.3 Å². The quantitative estimate of drug-likeness (QED) is 0.344. The number of carbonyl (C=O) groups excluding carboxylic acids is 1. The first-order chi connectivity index (χ1) is 11.9. The van der Waals surface area contributed by atoms with E-state index in [9.17, 15) is 4.79 Å². The Balaban J connectivity index is 0.00000338. The van der Waals surface area contributed by atoms with E-state index in [0.717, 1.165) is 57.8 Å². The van der Waals surface area contributed by atoms with Crippen molar-refractivity contribution in [1.29, 1.82) is 0 Å². The van der Waals surface area contributed by atoms with Crippen LogP contribution >= 0.6 is 24.0 Å². The Morgan fingerprint density at radius 3 is 2.42 bits per heavy atom. The molecule has 1 amide bonds. The van der Waals surface area contributed by atoms with Gasteiger partial charge in [-0.3, -0.25) is 14.7 Å². The number of aliphatic imine (C=N–C) groups is 1. The fourth-order valence-electron chi connectivity index (χ4n) is 4.00. The topological polar surface area (TPSA) is 63.2 Å². The van der Waals surface area contributed by atoms with Gasteiger partial charge in [0.2, 0.25) is 5.91 Å². The van der Waals surface area contributed by atoms with Crippen molar-refractivity contribution < 1.29 is 4.79 Å². The lowest BCUT2D eigenvalue weighted by Crippen LogP contribution is -2.56. The van der Waals surface area contributed by atoms with Crippen molar-refractivity contribution in [3.63, 3.8) is 0 Å². The molecule has 152 valence electrons. The van der Waals surface area contributed by atoms with Gasteiger partial charge in [-0.25, -0.2) is 0 Å². The molecule has 1 unspecified atom stereocenters. The van der Waals surface area contributed by atoms with Crippen LogP contribution in [0.4, 0.5) is 0 Å². The van der Waals surface area contributed by atoms with Crippen molar-refractivity contribution in [1.82, 2.24) is 25.3 Å². The molecule has 2 aliphatic rings. The van der Waals surface area contributed by atoms with E-state index < -0.39 is 0 Å². The van der Waals surface area contributed by atoms with Crippen molar-refractivity contribution in [2.45, 2.75) is 31.7 Å². The van der Waals surface area contributed by atoms with Crippen molar-refractivity contribution >= 4 is 35.8 Å². The van der Waals surface area contributed by atoms with E-state index in [1.165, 1.54) is 0 Å². The fraction of sp³-hybridized carbons (Fsp3) is 0.889. The minimum Gasteiger partial charge on any atom is -0.355 e. The van der Waals surface area contributed by atoms with Gasteiger partial charge in [-0.2, -0.15) is 0 Å². The minimum atomic E-state index is -0.275. The second-order valence-electron chi connectivity index (χ2n) is 7.89. The summed E-state index contributed by atoms with van der Waals surface area (Å²) in [4.78, 5) is 23.5. The van der Waals surface area contributed by atoms with Crippen LogP contribution < -0.4 is 10.6 Å². The maximum Gasteiger partial charge on any atom is 0.230 e. The maximum atomic E-state index is 12.7. The Labute approximate surface area is 176 Å². The first-order valence-electron chi connectivity index (χ1n) is 9.43. The average Bonchev–Trinajstić information content (AvgIpc) is 3.07. The van der Waals surface area contributed by atoms with Crippen LogP contribution in [0.15, 0.2) is 4.99 Å². The molecule has 2 fully saturated rings. The van der Waals surface area contributed by atoms with Gasteiger partial charge in [0.1, 0.15) is 0 Å². The standard InChI is InChI=1S/C18H36N6O.HI/c1-19-17(20-12-15-13-23(4)10-11-24(15)5)21-14-18(8-6-7-9-18)16(25)22(2)3;/h15H,6-14H2,1-5H3,(H2,19,20,21);1H. The summed E-state index contributed by atoms with van der Waals surface area (Å²) < 4.78 is 0. The number of hydrogen-bond donors (Lipinski definition) is 2. The average molecular weight is 480 g/mol. The molecule has 1 atom stereocenters. The summed E-state index contributed by atoms with van der Waals surface area (Å²) in [6.45, 7) is 4.78. The smallest absolute Gasteiger partial charge is 0.230 e. The Morgan fingerprint density at radius 2 is 1.85 bits per heavy atom. The number of rotatable bonds is 5. The largest absolute Gasteiger partial charge is 0.355 e. The number of guanidine groups is 1. The van der Waals surface area contributed by atoms with Crippen LogP contribution in [-0.4, -0.2) is 101 Å². The lowest BCUT2D eigenvalue weighted by atomic mass is 9.84. The van der Waals surface area contributed by atoms with E-state index >= 15 is 0 Å². The molecule has 1 saturated heterocycles. The summed E-state index contributed by atoms with van der Waals surface area (Å²) in [6.07, 6.45) is 4.19. The van der Waals surface area contributed by atoms with Crippen LogP contribution in [0.1, 0.15) is 25.7 Å². The highest BCUT2D eigenvalue weighted by molar-refractivity contribution is 14.0. The molecule has 1 aliphatic carbocycles. The number of piperazine rings is 1. The molecular formula is C18H37IN6O. The van der Waals surface area contributed by atoms with Crippen molar-refractivity contribution in [2.24, 2.45) is 10.4 Å². The summed E-state index contributed by atoms with van der Waals surface area (Å²) in [6, 6.07) is 0.473. The number of hydrogen-bond acceptors (Lipinski definition) is 4. The van der Waals surface area contributed by atoms with E-state index in [1.807, 2.05) is 14.1 Å². The van der Waals surface area contributed by atoms with Gasteiger partial charge in [0.25, 0.3) is 0 Å². The van der Waals surface area contributed by atoms with Crippen LogP contribution in [0, 0.1) is 5.41 Å². The summed E-state index contributed by atoms with van der Waals surface area (Å²) in [5, 5.41) is 6.86. The summed E-state index contributed by atoms with van der Waals surface area (Å²) in [5.41, 5.74) is -0.275. The van der Waals surface area contributed by atoms with E-state index in [2.05, 4.69) is 39.5 Å². The molecule has 2 N–H and O–H groups in total. The predicted molar refractivity (Wildman–Crippen MR) is 118 cm³/mol. The Bertz CT molecular complexity index is 478. The van der Waals surface area contributed by atoms with Crippen LogP contribution in [0.2, 0.25) is 0 Å². The maximum absolute atomic E-state index is 12.7. The lowest BCUT2D eigenvalue weighted by Gasteiger charge is -2.38. The highest BCUT2D eigenvalue weighted by Gasteiger charge is 2.42. The second-order valence-corrected chi connectivity index (χ2v) is 7.89. The predicted octanol–water partition coefficient (Wildman–Crippen LogP) is 0.664. The molecule has 7 nitrogen and oxygen atoms in total. The highest BCUT2D eigenvalue weighted by atomic mass is 127. The third-order valence-corrected chi connectivity index (χ3v) is 5.72. The molecule has 0 aromatic rings. The number of carbonyl (C=O) groups is 1. The van der Waals surface area contributed by atoms with E-state index in [4.69, 9.17) is 0 Å². The van der Waals surface area contributed by atoms with Gasteiger partial charge in [0.15, 0.2) is 5.96 Å². The van der Waals surface area contributed by atoms with Gasteiger partial charge in [-0.05, 0) is 26.9 Å². The minimum absolute atomic E-state index is 0. The molecular weight excluding hydrogens is 443 g/mol. The summed E-state index contributed by atoms with van der Waals surface area (Å²) in [7, 11) is 9.85. The number of likely N-dealkylation sites (N-methyl/N-ethyl adjacent to an activating group) is 2. The SMILES string of the molecule is CN=C(NCC1CN(C)CCN1C)NCC1(C(=O)N(C)C)CCCC1.I. The fourth-order valence-corrected chi connectivity index (χ4v) is 4.00. The third kappa shape index (κ3) is 5.95. The third-order valence-electron chi connectivity index (χ3n) is 5.72. The van der Waals surface area contributed by atoms with Crippen LogP contribution in [0.3, 0.4) is 0 Å². The molecule has 2 rings (SSSR count). The van der Waals surface area contributed by atoms with Gasteiger partial charge in [0.05, 0.1) is 5.41 Å². The molecule has 0 aromatic carbocycles. The molecule has 0 radical (unpaired) electrons. The molecule has 1 aliphatic heterocycles. The molecule has 0 bridgehead atoms. The van der Waals surface area contributed by atoms with Crippen LogP contribution in [0.25, 0.3) is 0 Å². The Kier molecular flexibility index (Phi) is 9.60. The summed E-state index contributed by atoms with van der Waals surface area (Å²) >= 11 is 0. The van der Waals surface area contributed by atoms with Gasteiger partial charge in [-0.1, -0.05) is 12.8 Å². The van der Waals surface area contributed by atoms with E-state index in [0.29, 0.717) is 12.6 Å². The van der Waals surface area contributed by atoms with Crippen LogP contribution in [0.5, 0.6) is 0 Å². The highest BCUT2D eigenvalue weighted by Crippen LogP contribution is 2.38. The zero-order valence-corrected chi connectivity index (χ0v) is 19.4. The molecule has 8 heteroatoms. The zero-order valence-electron chi connectivity index (χ0n) is 17.0. The van der Waals surface area contributed by atoms with Crippen LogP contribution in [-0.2, 0) is 4.79 Å². The molecule has 26 heavy (non-hydrogen) atoms. The van der Waals surface area contributed by atoms with Gasteiger partial charge >= 0.3 is 0 Å². The Hall–Kier alpha value is -0.610. The van der Waals surface area contributed by atoms with Gasteiger partial charge in [0, 0.05) is 59.9 Å². The van der Waals surface area contributed by atoms with Gasteiger partial charge < -0.3 is 20.4 Å². The van der Waals surface area contributed by atoms with Crippen molar-refractivity contribution in [2.75, 3.05) is 68.0 Å². The van der Waals surface area contributed by atoms with Crippen molar-refractivity contribution in [3.05, 3.63) is 0 Å². The first-order valence-corrected chi connectivity index (χ1v) is 9.43. The normalized spacial score (nSPS) is 24.0. The molecule has 0 aromatic heterocycles. The summed E-state index contributed by atoms with van der Waals surface area (Å²) in [5.74, 6) is 1.03. The van der Waals surface area contributed by atoms with E-state index in [1.54, 1.807) is 11.9 Å². The zero-order chi connectivity index (χ0) is 18.4. The van der Waals surface area contributed by atoms with Crippen molar-refractivity contribution in [3.8, 4) is 0 Å². The lowest BCUT2D eigenvalue weighted by molar-refractivity contribution is -0.138. The molecule has 1 saturated carbocycles. The molecule has 0 spiro atoms. The number of nitrogens with one attached hydrogen (secondary N) is 2. The first kappa shape index (κ1) is 23.4. The number of nitrogens with zero attached hydrogens (tertiary/aromatic N) is 4. The number of amides is 1.